The Bertz CT molecular complexity index is 1430. The molecule has 0 unspecified atom stereocenters. The van der Waals surface area contributed by atoms with Gasteiger partial charge in [0, 0.05) is 16.8 Å². The minimum atomic E-state index is -0.887. The summed E-state index contributed by atoms with van der Waals surface area (Å²) in [4.78, 5) is 12.6. The Balaban J connectivity index is 1.45. The summed E-state index contributed by atoms with van der Waals surface area (Å²) in [5.41, 5.74) is 0. The molecule has 0 bridgehead atoms. The van der Waals surface area contributed by atoms with Crippen LogP contribution in [0.1, 0.15) is 0 Å². The molecule has 0 spiro atoms. The summed E-state index contributed by atoms with van der Waals surface area (Å²) in [5, 5.41) is 13.8. The van der Waals surface area contributed by atoms with E-state index in [9.17, 15) is 9.90 Å². The highest BCUT2D eigenvalue weighted by molar-refractivity contribution is 5.96. The maximum absolute atomic E-state index is 12.6. The van der Waals surface area contributed by atoms with Crippen molar-refractivity contribution >= 4 is 27.7 Å². The zero-order chi connectivity index (χ0) is 21.9. The van der Waals surface area contributed by atoms with Gasteiger partial charge >= 0.3 is 6.16 Å². The van der Waals surface area contributed by atoms with Crippen LogP contribution in [-0.2, 0) is 0 Å². The van der Waals surface area contributed by atoms with Gasteiger partial charge in [0.25, 0.3) is 0 Å². The predicted octanol–water partition coefficient (Wildman–Crippen LogP) is 7.07. The molecule has 1 N–H and O–H groups in total. The summed E-state index contributed by atoms with van der Waals surface area (Å²) < 4.78 is 16.7. The van der Waals surface area contributed by atoms with Crippen LogP contribution >= 0.6 is 0 Å². The average molecular weight is 422 g/mol. The molecule has 0 radical (unpaired) electrons. The molecule has 5 heteroatoms. The Kier molecular flexibility index (Phi) is 5.06. The smallest absolute Gasteiger partial charge is 0.504 e. The number of carbonyl (C=O) groups excluding carboxylic acids is 1. The van der Waals surface area contributed by atoms with Crippen molar-refractivity contribution in [3.8, 4) is 28.7 Å². The van der Waals surface area contributed by atoms with E-state index in [4.69, 9.17) is 14.2 Å². The van der Waals surface area contributed by atoms with Gasteiger partial charge in [-0.25, -0.2) is 4.79 Å². The highest BCUT2D eigenvalue weighted by atomic mass is 16.7. The number of hydrogen-bond acceptors (Lipinski definition) is 5. The van der Waals surface area contributed by atoms with E-state index in [1.165, 1.54) is 6.07 Å². The Labute approximate surface area is 184 Å². The van der Waals surface area contributed by atoms with Gasteiger partial charge in [-0.1, -0.05) is 72.8 Å². The molecule has 32 heavy (non-hydrogen) atoms. The van der Waals surface area contributed by atoms with Gasteiger partial charge < -0.3 is 19.3 Å². The van der Waals surface area contributed by atoms with E-state index in [1.54, 1.807) is 48.5 Å². The van der Waals surface area contributed by atoms with E-state index in [-0.39, 0.29) is 17.2 Å². The minimum absolute atomic E-state index is 0.0419. The van der Waals surface area contributed by atoms with Crippen molar-refractivity contribution in [1.82, 2.24) is 0 Å². The van der Waals surface area contributed by atoms with Crippen LogP contribution in [0.5, 0.6) is 28.7 Å². The Morgan fingerprint density at radius 3 is 2.09 bits per heavy atom. The standard InChI is InChI=1S/C27H18O5/c28-26-23-13-7-6-12-22(23)24(17-25(26)30-20-10-2-1-3-11-20)32-27(29)31-21-15-14-18-8-4-5-9-19(18)16-21/h1-17,28H. The van der Waals surface area contributed by atoms with E-state index < -0.39 is 6.16 Å². The van der Waals surface area contributed by atoms with E-state index in [0.717, 1.165) is 10.8 Å². The number of ether oxygens (including phenoxy) is 3. The normalized spacial score (nSPS) is 10.8. The van der Waals surface area contributed by atoms with Gasteiger partial charge in [0.1, 0.15) is 17.2 Å². The fourth-order valence-electron chi connectivity index (χ4n) is 3.52. The molecule has 0 aromatic heterocycles. The molecular formula is C27H18O5. The summed E-state index contributed by atoms with van der Waals surface area (Å²) in [6.45, 7) is 0. The van der Waals surface area contributed by atoms with Crippen molar-refractivity contribution in [1.29, 1.82) is 0 Å². The van der Waals surface area contributed by atoms with Crippen molar-refractivity contribution < 1.29 is 24.1 Å². The van der Waals surface area contributed by atoms with E-state index in [1.807, 2.05) is 48.5 Å². The molecule has 0 amide bonds. The summed E-state index contributed by atoms with van der Waals surface area (Å²) in [5.74, 6) is 1.26. The first-order chi connectivity index (χ1) is 15.7. The fourth-order valence-corrected chi connectivity index (χ4v) is 3.52. The first kappa shape index (κ1) is 19.5. The molecule has 5 aromatic rings. The lowest BCUT2D eigenvalue weighted by molar-refractivity contribution is 0.152. The first-order valence-corrected chi connectivity index (χ1v) is 10.0. The third-order valence-electron chi connectivity index (χ3n) is 5.03. The lowest BCUT2D eigenvalue weighted by Gasteiger charge is -2.14. The minimum Gasteiger partial charge on any atom is -0.504 e. The topological polar surface area (TPSA) is 65.0 Å². The van der Waals surface area contributed by atoms with Crippen LogP contribution in [0.15, 0.2) is 103 Å². The lowest BCUT2D eigenvalue weighted by Crippen LogP contribution is -2.14. The van der Waals surface area contributed by atoms with Gasteiger partial charge in [-0.3, -0.25) is 0 Å². The van der Waals surface area contributed by atoms with Gasteiger partial charge in [-0.05, 0) is 35.0 Å². The number of rotatable bonds is 4. The van der Waals surface area contributed by atoms with Crippen molar-refractivity contribution in [3.05, 3.63) is 103 Å². The van der Waals surface area contributed by atoms with Gasteiger partial charge in [0.2, 0.25) is 0 Å². The molecule has 0 heterocycles. The van der Waals surface area contributed by atoms with Crippen LogP contribution in [0.2, 0.25) is 0 Å². The Morgan fingerprint density at radius 2 is 1.28 bits per heavy atom. The third-order valence-corrected chi connectivity index (χ3v) is 5.03. The fraction of sp³-hybridized carbons (Fsp3) is 0. The maximum Gasteiger partial charge on any atom is 0.519 e. The highest BCUT2D eigenvalue weighted by Crippen LogP contribution is 2.42. The van der Waals surface area contributed by atoms with E-state index in [2.05, 4.69) is 0 Å². The summed E-state index contributed by atoms with van der Waals surface area (Å²) >= 11 is 0. The molecule has 0 aliphatic carbocycles. The molecule has 0 atom stereocenters. The molecule has 5 nitrogen and oxygen atoms in total. The van der Waals surface area contributed by atoms with Crippen molar-refractivity contribution in [2.75, 3.05) is 0 Å². The Morgan fingerprint density at radius 1 is 0.594 bits per heavy atom. The molecule has 5 rings (SSSR count). The number of para-hydroxylation sites is 1. The number of phenols is 1. The van der Waals surface area contributed by atoms with Crippen LogP contribution < -0.4 is 14.2 Å². The third kappa shape index (κ3) is 3.91. The van der Waals surface area contributed by atoms with Crippen molar-refractivity contribution in [2.45, 2.75) is 0 Å². The van der Waals surface area contributed by atoms with Gasteiger partial charge in [-0.2, -0.15) is 0 Å². The van der Waals surface area contributed by atoms with Crippen molar-refractivity contribution in [3.63, 3.8) is 0 Å². The van der Waals surface area contributed by atoms with Crippen LogP contribution in [-0.4, -0.2) is 11.3 Å². The monoisotopic (exact) mass is 422 g/mol. The zero-order valence-electron chi connectivity index (χ0n) is 16.9. The molecule has 0 fully saturated rings. The zero-order valence-corrected chi connectivity index (χ0v) is 16.9. The molecule has 0 saturated heterocycles. The van der Waals surface area contributed by atoms with Crippen LogP contribution in [0.3, 0.4) is 0 Å². The number of benzene rings is 5. The number of fused-ring (bicyclic) bond motifs is 2. The quantitative estimate of drug-likeness (QED) is 0.248. The first-order valence-electron chi connectivity index (χ1n) is 10.0. The summed E-state index contributed by atoms with van der Waals surface area (Å²) in [6, 6.07) is 30.7. The molecular weight excluding hydrogens is 404 g/mol. The molecule has 0 aliphatic heterocycles. The maximum atomic E-state index is 12.6. The van der Waals surface area contributed by atoms with Gasteiger partial charge in [0.15, 0.2) is 11.5 Å². The average Bonchev–Trinajstić information content (AvgIpc) is 2.82. The largest absolute Gasteiger partial charge is 0.519 e. The van der Waals surface area contributed by atoms with E-state index >= 15 is 0 Å². The second-order valence-electron chi connectivity index (χ2n) is 7.15. The lowest BCUT2D eigenvalue weighted by atomic mass is 10.1. The summed E-state index contributed by atoms with van der Waals surface area (Å²) in [6.07, 6.45) is -0.887. The van der Waals surface area contributed by atoms with Crippen LogP contribution in [0.4, 0.5) is 4.79 Å². The summed E-state index contributed by atoms with van der Waals surface area (Å²) in [7, 11) is 0. The predicted molar refractivity (Wildman–Crippen MR) is 123 cm³/mol. The van der Waals surface area contributed by atoms with Gasteiger partial charge in [-0.15, -0.1) is 0 Å². The molecule has 156 valence electrons. The number of aromatic hydroxyl groups is 1. The van der Waals surface area contributed by atoms with Crippen LogP contribution in [0, 0.1) is 0 Å². The molecule has 5 aromatic carbocycles. The SMILES string of the molecule is O=C(Oc1ccc2ccccc2c1)Oc1cc(Oc2ccccc2)c(O)c2ccccc12. The van der Waals surface area contributed by atoms with E-state index in [0.29, 0.717) is 22.3 Å². The second kappa shape index (κ2) is 8.32. The Hall–Kier alpha value is -4.51. The highest BCUT2D eigenvalue weighted by Gasteiger charge is 2.17. The van der Waals surface area contributed by atoms with Crippen LogP contribution in [0.25, 0.3) is 21.5 Å². The molecule has 0 saturated carbocycles. The van der Waals surface area contributed by atoms with Gasteiger partial charge in [0.05, 0.1) is 0 Å². The number of carbonyl (C=O) groups is 1. The van der Waals surface area contributed by atoms with Crippen molar-refractivity contribution in [2.24, 2.45) is 0 Å². The second-order valence-corrected chi connectivity index (χ2v) is 7.15. The number of phenolic OH excluding ortho intramolecular Hbond substituents is 1. The molecule has 0 aliphatic rings. The number of hydrogen-bond donors (Lipinski definition) is 1.